The Kier molecular flexibility index (Phi) is 3.73. The molecule has 6 heteroatoms. The van der Waals surface area contributed by atoms with Crippen LogP contribution in [0.15, 0.2) is 6.20 Å². The first kappa shape index (κ1) is 12.0. The lowest BCUT2D eigenvalue weighted by atomic mass is 9.95. The molecule has 1 unspecified atom stereocenters. The molecule has 1 amide bonds. The molecule has 0 spiro atoms. The number of hydrogen-bond acceptors (Lipinski definition) is 4. The van der Waals surface area contributed by atoms with Gasteiger partial charge < -0.3 is 10.6 Å². The van der Waals surface area contributed by atoms with Crippen molar-refractivity contribution >= 4 is 5.91 Å². The van der Waals surface area contributed by atoms with Crippen molar-refractivity contribution in [3.63, 3.8) is 0 Å². The van der Waals surface area contributed by atoms with Gasteiger partial charge >= 0.3 is 0 Å². The Bertz CT molecular complexity index is 387. The first-order chi connectivity index (χ1) is 8.20. The van der Waals surface area contributed by atoms with Gasteiger partial charge in [0.2, 0.25) is 0 Å². The zero-order valence-electron chi connectivity index (χ0n) is 10.2. The molecule has 2 heterocycles. The van der Waals surface area contributed by atoms with Crippen molar-refractivity contribution in [3.8, 4) is 0 Å². The van der Waals surface area contributed by atoms with Crippen molar-refractivity contribution < 1.29 is 4.79 Å². The third kappa shape index (κ3) is 2.82. The summed E-state index contributed by atoms with van der Waals surface area (Å²) >= 11 is 0. The molecule has 1 aromatic rings. The number of aromatic nitrogens is 3. The number of rotatable bonds is 3. The van der Waals surface area contributed by atoms with E-state index in [1.807, 2.05) is 4.90 Å². The number of aryl methyl sites for hydroxylation is 1. The molecule has 17 heavy (non-hydrogen) atoms. The lowest BCUT2D eigenvalue weighted by Gasteiger charge is -2.32. The van der Waals surface area contributed by atoms with Crippen molar-refractivity contribution in [2.75, 3.05) is 19.6 Å². The van der Waals surface area contributed by atoms with Gasteiger partial charge in [0.1, 0.15) is 0 Å². The summed E-state index contributed by atoms with van der Waals surface area (Å²) in [5, 5.41) is 7.97. The molecule has 1 aliphatic rings. The predicted octanol–water partition coefficient (Wildman–Crippen LogP) is 0.0161. The van der Waals surface area contributed by atoms with Crippen LogP contribution in [0.4, 0.5) is 0 Å². The van der Waals surface area contributed by atoms with Crippen LogP contribution in [0.25, 0.3) is 0 Å². The number of piperidine rings is 1. The Morgan fingerprint density at radius 3 is 3.12 bits per heavy atom. The Balaban J connectivity index is 1.99. The maximum absolute atomic E-state index is 12.1. The molecule has 1 saturated heterocycles. The molecule has 1 atom stereocenters. The number of nitrogens with zero attached hydrogens (tertiary/aromatic N) is 4. The Labute approximate surface area is 101 Å². The molecule has 2 rings (SSSR count). The smallest absolute Gasteiger partial charge is 0.276 e. The fourth-order valence-electron chi connectivity index (χ4n) is 2.33. The third-order valence-corrected chi connectivity index (χ3v) is 3.20. The van der Waals surface area contributed by atoms with Crippen LogP contribution >= 0.6 is 0 Å². The first-order valence-corrected chi connectivity index (χ1v) is 6.06. The quantitative estimate of drug-likeness (QED) is 0.803. The molecule has 1 fully saturated rings. The molecule has 94 valence electrons. The summed E-state index contributed by atoms with van der Waals surface area (Å²) in [7, 11) is 1.71. The van der Waals surface area contributed by atoms with Crippen molar-refractivity contribution in [2.24, 2.45) is 18.7 Å². The standard InChI is InChI=1S/C11H19N5O/c1-15-13-7-10(14-15)11(17)16-6-2-3-9(8-16)4-5-12/h7,9H,2-6,8,12H2,1H3. The van der Waals surface area contributed by atoms with Crippen LogP contribution in [-0.2, 0) is 7.05 Å². The largest absolute Gasteiger partial charge is 0.337 e. The highest BCUT2D eigenvalue weighted by molar-refractivity contribution is 5.91. The Morgan fingerprint density at radius 1 is 1.65 bits per heavy atom. The van der Waals surface area contributed by atoms with E-state index in [9.17, 15) is 4.79 Å². The summed E-state index contributed by atoms with van der Waals surface area (Å²) in [6, 6.07) is 0. The molecular weight excluding hydrogens is 218 g/mol. The number of nitrogens with two attached hydrogens (primary N) is 1. The van der Waals surface area contributed by atoms with E-state index in [0.717, 1.165) is 25.9 Å². The number of hydrogen-bond donors (Lipinski definition) is 1. The third-order valence-electron chi connectivity index (χ3n) is 3.20. The van der Waals surface area contributed by atoms with Crippen LogP contribution in [0.5, 0.6) is 0 Å². The van der Waals surface area contributed by atoms with Gasteiger partial charge in [-0.1, -0.05) is 0 Å². The molecule has 0 radical (unpaired) electrons. The number of carbonyl (C=O) groups is 1. The van der Waals surface area contributed by atoms with Gasteiger partial charge in [0.25, 0.3) is 5.91 Å². The lowest BCUT2D eigenvalue weighted by molar-refractivity contribution is 0.0663. The second kappa shape index (κ2) is 5.27. The molecule has 0 saturated carbocycles. The van der Waals surface area contributed by atoms with E-state index in [1.165, 1.54) is 17.4 Å². The maximum Gasteiger partial charge on any atom is 0.276 e. The van der Waals surface area contributed by atoms with Gasteiger partial charge in [0.05, 0.1) is 6.20 Å². The highest BCUT2D eigenvalue weighted by Gasteiger charge is 2.25. The van der Waals surface area contributed by atoms with Crippen LogP contribution < -0.4 is 5.73 Å². The highest BCUT2D eigenvalue weighted by Crippen LogP contribution is 2.20. The average molecular weight is 237 g/mol. The number of carbonyl (C=O) groups excluding carboxylic acids is 1. The molecule has 1 aliphatic heterocycles. The molecule has 6 nitrogen and oxygen atoms in total. The summed E-state index contributed by atoms with van der Waals surface area (Å²) in [6.07, 6.45) is 4.73. The minimum Gasteiger partial charge on any atom is -0.337 e. The summed E-state index contributed by atoms with van der Waals surface area (Å²) in [4.78, 5) is 15.4. The first-order valence-electron chi connectivity index (χ1n) is 6.06. The van der Waals surface area contributed by atoms with E-state index >= 15 is 0 Å². The van der Waals surface area contributed by atoms with Gasteiger partial charge in [-0.05, 0) is 31.7 Å². The van der Waals surface area contributed by atoms with Gasteiger partial charge in [0, 0.05) is 20.1 Å². The maximum atomic E-state index is 12.1. The van der Waals surface area contributed by atoms with E-state index in [0.29, 0.717) is 18.2 Å². The van der Waals surface area contributed by atoms with Gasteiger partial charge in [-0.25, -0.2) is 0 Å². The van der Waals surface area contributed by atoms with Crippen molar-refractivity contribution in [1.82, 2.24) is 19.9 Å². The zero-order valence-corrected chi connectivity index (χ0v) is 10.2. The fraction of sp³-hybridized carbons (Fsp3) is 0.727. The topological polar surface area (TPSA) is 77.0 Å². The summed E-state index contributed by atoms with van der Waals surface area (Å²) < 4.78 is 0. The summed E-state index contributed by atoms with van der Waals surface area (Å²) in [5.41, 5.74) is 6.00. The van der Waals surface area contributed by atoms with E-state index < -0.39 is 0 Å². The van der Waals surface area contributed by atoms with Crippen LogP contribution in [0.2, 0.25) is 0 Å². The summed E-state index contributed by atoms with van der Waals surface area (Å²) in [5.74, 6) is 0.522. The molecule has 0 bridgehead atoms. The summed E-state index contributed by atoms with van der Waals surface area (Å²) in [6.45, 7) is 2.31. The van der Waals surface area contributed by atoms with E-state index in [1.54, 1.807) is 7.05 Å². The minimum absolute atomic E-state index is 0.0141. The monoisotopic (exact) mass is 237 g/mol. The van der Waals surface area contributed by atoms with Crippen molar-refractivity contribution in [2.45, 2.75) is 19.3 Å². The average Bonchev–Trinajstić information content (AvgIpc) is 2.76. The van der Waals surface area contributed by atoms with Gasteiger partial charge in [0.15, 0.2) is 5.69 Å². The van der Waals surface area contributed by atoms with Gasteiger partial charge in [-0.2, -0.15) is 9.90 Å². The normalized spacial score (nSPS) is 20.6. The predicted molar refractivity (Wildman–Crippen MR) is 63.3 cm³/mol. The molecule has 0 aliphatic carbocycles. The van der Waals surface area contributed by atoms with E-state index in [-0.39, 0.29) is 5.91 Å². The van der Waals surface area contributed by atoms with Crippen molar-refractivity contribution in [3.05, 3.63) is 11.9 Å². The molecular formula is C11H19N5O. The van der Waals surface area contributed by atoms with Crippen LogP contribution in [0.3, 0.4) is 0 Å². The lowest BCUT2D eigenvalue weighted by Crippen LogP contribution is -2.40. The number of amides is 1. The molecule has 1 aromatic heterocycles. The molecule has 0 aromatic carbocycles. The van der Waals surface area contributed by atoms with E-state index in [4.69, 9.17) is 5.73 Å². The van der Waals surface area contributed by atoms with Crippen LogP contribution in [-0.4, -0.2) is 45.4 Å². The van der Waals surface area contributed by atoms with Gasteiger partial charge in [-0.3, -0.25) is 4.79 Å². The van der Waals surface area contributed by atoms with Crippen LogP contribution in [0, 0.1) is 5.92 Å². The zero-order chi connectivity index (χ0) is 12.3. The van der Waals surface area contributed by atoms with Crippen LogP contribution in [0.1, 0.15) is 29.8 Å². The second-order valence-corrected chi connectivity index (χ2v) is 4.56. The molecule has 2 N–H and O–H groups in total. The van der Waals surface area contributed by atoms with Gasteiger partial charge in [-0.15, -0.1) is 5.10 Å². The minimum atomic E-state index is -0.0141. The second-order valence-electron chi connectivity index (χ2n) is 4.56. The number of likely N-dealkylation sites (tertiary alicyclic amines) is 1. The Morgan fingerprint density at radius 2 is 2.47 bits per heavy atom. The van der Waals surface area contributed by atoms with E-state index in [2.05, 4.69) is 10.2 Å². The van der Waals surface area contributed by atoms with Crippen molar-refractivity contribution in [1.29, 1.82) is 0 Å². The fourth-order valence-corrected chi connectivity index (χ4v) is 2.33. The SMILES string of the molecule is Cn1ncc(C(=O)N2CCCC(CCN)C2)n1. The Hall–Kier alpha value is -1.43. The highest BCUT2D eigenvalue weighted by atomic mass is 16.2.